The van der Waals surface area contributed by atoms with Crippen LogP contribution in [0.25, 0.3) is 0 Å². The van der Waals surface area contributed by atoms with Gasteiger partial charge in [-0.3, -0.25) is 10.1 Å². The number of hydrogen-bond donors (Lipinski definition) is 1. The molecule has 0 fully saturated rings. The Hall–Kier alpha value is -3.22. The second-order valence-corrected chi connectivity index (χ2v) is 4.03. The molecule has 0 aliphatic carbocycles. The van der Waals surface area contributed by atoms with Crippen LogP contribution in [0.15, 0.2) is 48.5 Å². The maximum absolute atomic E-state index is 11.8. The van der Waals surface area contributed by atoms with E-state index in [9.17, 15) is 19.7 Å². The molecule has 0 bridgehead atoms. The fourth-order valence-electron chi connectivity index (χ4n) is 1.58. The van der Waals surface area contributed by atoms with Crippen LogP contribution in [0.1, 0.15) is 20.7 Å². The molecule has 0 unspecified atom stereocenters. The molecule has 0 aliphatic heterocycles. The Morgan fingerprint density at radius 1 is 1.05 bits per heavy atom. The number of carbonyl (C=O) groups excluding carboxylic acids is 1. The monoisotopic (exact) mass is 287 g/mol. The van der Waals surface area contributed by atoms with E-state index in [1.807, 2.05) is 0 Å². The summed E-state index contributed by atoms with van der Waals surface area (Å²) in [5.74, 6) is -1.78. The molecule has 7 heteroatoms. The summed E-state index contributed by atoms with van der Waals surface area (Å²) in [6, 6.07) is 10.4. The van der Waals surface area contributed by atoms with E-state index in [0.717, 1.165) is 0 Å². The third-order valence-corrected chi connectivity index (χ3v) is 2.61. The number of ether oxygens (including phenoxy) is 1. The van der Waals surface area contributed by atoms with E-state index >= 15 is 0 Å². The summed E-state index contributed by atoms with van der Waals surface area (Å²) in [6.45, 7) is 0. The molecule has 0 aliphatic rings. The molecule has 2 aromatic rings. The summed E-state index contributed by atoms with van der Waals surface area (Å²) < 4.78 is 5.02. The molecule has 2 aromatic carbocycles. The van der Waals surface area contributed by atoms with E-state index in [0.29, 0.717) is 0 Å². The maximum atomic E-state index is 11.8. The zero-order valence-electron chi connectivity index (χ0n) is 10.6. The van der Waals surface area contributed by atoms with Crippen LogP contribution >= 0.6 is 0 Å². The van der Waals surface area contributed by atoms with Crippen molar-refractivity contribution >= 4 is 17.6 Å². The number of carboxylic acids is 1. The second kappa shape index (κ2) is 5.83. The molecule has 7 nitrogen and oxygen atoms in total. The van der Waals surface area contributed by atoms with Gasteiger partial charge in [0.15, 0.2) is 0 Å². The van der Waals surface area contributed by atoms with Crippen LogP contribution < -0.4 is 4.74 Å². The molecule has 21 heavy (non-hydrogen) atoms. The molecule has 0 saturated carbocycles. The number of benzene rings is 2. The predicted octanol–water partition coefficient (Wildman–Crippen LogP) is 2.51. The minimum atomic E-state index is -1.14. The van der Waals surface area contributed by atoms with Gasteiger partial charge in [0.2, 0.25) is 0 Å². The van der Waals surface area contributed by atoms with Gasteiger partial charge in [-0.15, -0.1) is 0 Å². The molecule has 0 aromatic heterocycles. The van der Waals surface area contributed by atoms with Crippen molar-refractivity contribution in [3.63, 3.8) is 0 Å². The standard InChI is InChI=1S/C14H9NO6/c16-13(17)10-2-1-3-12(8-10)21-14(18)9-4-6-11(7-5-9)15(19)20/h1-8H,(H,16,17). The van der Waals surface area contributed by atoms with E-state index in [1.165, 1.54) is 48.5 Å². The number of hydrogen-bond acceptors (Lipinski definition) is 5. The van der Waals surface area contributed by atoms with Gasteiger partial charge in [0, 0.05) is 12.1 Å². The largest absolute Gasteiger partial charge is 0.478 e. The molecule has 0 heterocycles. The van der Waals surface area contributed by atoms with E-state index in [4.69, 9.17) is 9.84 Å². The SMILES string of the molecule is O=C(O)c1cccc(OC(=O)c2ccc([N+](=O)[O-])cc2)c1. The first-order valence-electron chi connectivity index (χ1n) is 5.77. The Morgan fingerprint density at radius 3 is 2.29 bits per heavy atom. The molecule has 106 valence electrons. The number of nitro groups is 1. The van der Waals surface area contributed by atoms with Crippen molar-refractivity contribution in [1.82, 2.24) is 0 Å². The van der Waals surface area contributed by atoms with Crippen LogP contribution in [-0.4, -0.2) is 22.0 Å². The number of nitro benzene ring substituents is 1. The molecule has 2 rings (SSSR count). The summed E-state index contributed by atoms with van der Waals surface area (Å²) in [4.78, 5) is 32.6. The number of non-ortho nitro benzene ring substituents is 1. The third kappa shape index (κ3) is 3.41. The van der Waals surface area contributed by atoms with Crippen LogP contribution in [0.5, 0.6) is 5.75 Å². The number of esters is 1. The summed E-state index contributed by atoms with van der Waals surface area (Å²) >= 11 is 0. The zero-order chi connectivity index (χ0) is 15.4. The third-order valence-electron chi connectivity index (χ3n) is 2.61. The van der Waals surface area contributed by atoms with E-state index in [1.54, 1.807) is 0 Å². The molecule has 0 spiro atoms. The van der Waals surface area contributed by atoms with Crippen LogP contribution in [0.2, 0.25) is 0 Å². The molecule has 1 N–H and O–H groups in total. The van der Waals surface area contributed by atoms with Gasteiger partial charge in [-0.05, 0) is 30.3 Å². The lowest BCUT2D eigenvalue weighted by Gasteiger charge is -2.05. The number of rotatable bonds is 4. The maximum Gasteiger partial charge on any atom is 0.343 e. The highest BCUT2D eigenvalue weighted by Gasteiger charge is 2.12. The molecular weight excluding hydrogens is 278 g/mol. The predicted molar refractivity (Wildman–Crippen MR) is 71.5 cm³/mol. The smallest absolute Gasteiger partial charge is 0.343 e. The van der Waals surface area contributed by atoms with Gasteiger partial charge in [0.1, 0.15) is 5.75 Å². The number of carboxylic acid groups (broad SMARTS) is 1. The lowest BCUT2D eigenvalue weighted by molar-refractivity contribution is -0.384. The minimum absolute atomic E-state index is 0.0102. The molecule has 0 saturated heterocycles. The highest BCUT2D eigenvalue weighted by molar-refractivity contribution is 5.92. The Labute approximate surface area is 118 Å². The van der Waals surface area contributed by atoms with Crippen molar-refractivity contribution in [1.29, 1.82) is 0 Å². The van der Waals surface area contributed by atoms with Crippen molar-refractivity contribution in [3.8, 4) is 5.75 Å². The summed E-state index contributed by atoms with van der Waals surface area (Å²) in [5, 5.41) is 19.3. The van der Waals surface area contributed by atoms with E-state index in [-0.39, 0.29) is 22.6 Å². The Balaban J connectivity index is 2.16. The average molecular weight is 287 g/mol. The zero-order valence-corrected chi connectivity index (χ0v) is 10.6. The fraction of sp³-hybridized carbons (Fsp3) is 0. The topological polar surface area (TPSA) is 107 Å². The lowest BCUT2D eigenvalue weighted by Crippen LogP contribution is -2.09. The van der Waals surface area contributed by atoms with Crippen LogP contribution in [-0.2, 0) is 0 Å². The van der Waals surface area contributed by atoms with Gasteiger partial charge in [-0.25, -0.2) is 9.59 Å². The summed E-state index contributed by atoms with van der Waals surface area (Å²) in [5.41, 5.74) is -0.0234. The Morgan fingerprint density at radius 2 is 1.71 bits per heavy atom. The lowest BCUT2D eigenvalue weighted by atomic mass is 10.2. The van der Waals surface area contributed by atoms with Crippen molar-refractivity contribution in [2.24, 2.45) is 0 Å². The highest BCUT2D eigenvalue weighted by atomic mass is 16.6. The number of nitrogens with zero attached hydrogens (tertiary/aromatic N) is 1. The van der Waals surface area contributed by atoms with Crippen molar-refractivity contribution in [2.45, 2.75) is 0 Å². The first-order chi connectivity index (χ1) is 9.97. The van der Waals surface area contributed by atoms with Crippen LogP contribution in [0, 0.1) is 10.1 Å². The van der Waals surface area contributed by atoms with Gasteiger partial charge in [-0.1, -0.05) is 6.07 Å². The van der Waals surface area contributed by atoms with Crippen molar-refractivity contribution in [2.75, 3.05) is 0 Å². The highest BCUT2D eigenvalue weighted by Crippen LogP contribution is 2.17. The normalized spacial score (nSPS) is 9.90. The van der Waals surface area contributed by atoms with Gasteiger partial charge in [0.05, 0.1) is 16.1 Å². The number of carbonyl (C=O) groups is 2. The number of aromatic carboxylic acids is 1. The van der Waals surface area contributed by atoms with Crippen LogP contribution in [0.3, 0.4) is 0 Å². The van der Waals surface area contributed by atoms with Crippen molar-refractivity contribution < 1.29 is 24.4 Å². The second-order valence-electron chi connectivity index (χ2n) is 4.03. The van der Waals surface area contributed by atoms with E-state index < -0.39 is 16.9 Å². The first kappa shape index (κ1) is 14.2. The Kier molecular flexibility index (Phi) is 3.94. The van der Waals surface area contributed by atoms with Gasteiger partial charge >= 0.3 is 11.9 Å². The minimum Gasteiger partial charge on any atom is -0.478 e. The van der Waals surface area contributed by atoms with Gasteiger partial charge < -0.3 is 9.84 Å². The molecule has 0 atom stereocenters. The fourth-order valence-corrected chi connectivity index (χ4v) is 1.58. The summed E-state index contributed by atoms with van der Waals surface area (Å²) in [6.07, 6.45) is 0. The van der Waals surface area contributed by atoms with Gasteiger partial charge in [-0.2, -0.15) is 0 Å². The Bertz CT molecular complexity index is 708. The van der Waals surface area contributed by atoms with Gasteiger partial charge in [0.25, 0.3) is 5.69 Å². The van der Waals surface area contributed by atoms with Crippen molar-refractivity contribution in [3.05, 3.63) is 69.8 Å². The average Bonchev–Trinajstić information content (AvgIpc) is 2.47. The molecular formula is C14H9NO6. The van der Waals surface area contributed by atoms with E-state index in [2.05, 4.69) is 0 Å². The molecule has 0 amide bonds. The quantitative estimate of drug-likeness (QED) is 0.400. The first-order valence-corrected chi connectivity index (χ1v) is 5.77. The molecule has 0 radical (unpaired) electrons. The summed E-state index contributed by atoms with van der Waals surface area (Å²) in [7, 11) is 0. The van der Waals surface area contributed by atoms with Crippen LogP contribution in [0.4, 0.5) is 5.69 Å².